The molecule has 0 spiro atoms. The van der Waals surface area contributed by atoms with Crippen LogP contribution >= 0.6 is 0 Å². The van der Waals surface area contributed by atoms with E-state index in [1.165, 1.54) is 0 Å². The molecule has 4 rings (SSSR count). The Morgan fingerprint density at radius 2 is 2.03 bits per heavy atom. The van der Waals surface area contributed by atoms with Crippen molar-refractivity contribution in [3.05, 3.63) is 30.1 Å². The van der Waals surface area contributed by atoms with Crippen LogP contribution < -0.4 is 0 Å². The van der Waals surface area contributed by atoms with Crippen LogP contribution in [0.15, 0.2) is 38.1 Å². The number of furan rings is 1. The molecule has 0 aliphatic carbocycles. The van der Waals surface area contributed by atoms with Crippen LogP contribution in [0.3, 0.4) is 0 Å². The summed E-state index contributed by atoms with van der Waals surface area (Å²) in [5.74, 6) is 1.83. The zero-order valence-electron chi connectivity index (χ0n) is 18.2. The van der Waals surface area contributed by atoms with Gasteiger partial charge in [-0.05, 0) is 68.9 Å². The third kappa shape index (κ3) is 5.22. The first-order valence-electron chi connectivity index (χ1n) is 10.4. The number of aromatic nitrogens is 2. The highest BCUT2D eigenvalue weighted by molar-refractivity contribution is 7.90. The Balaban J connectivity index is 1.37. The zero-order chi connectivity index (χ0) is 22.2. The van der Waals surface area contributed by atoms with Crippen molar-refractivity contribution in [2.24, 2.45) is 5.92 Å². The van der Waals surface area contributed by atoms with Crippen molar-refractivity contribution in [2.45, 2.75) is 50.5 Å². The van der Waals surface area contributed by atoms with Gasteiger partial charge in [-0.15, -0.1) is 0 Å². The molecule has 1 amide bonds. The van der Waals surface area contributed by atoms with E-state index in [-0.39, 0.29) is 6.09 Å². The molecule has 1 saturated heterocycles. The number of hydrogen-bond donors (Lipinski definition) is 0. The van der Waals surface area contributed by atoms with Crippen LogP contribution in [0.2, 0.25) is 0 Å². The first-order chi connectivity index (χ1) is 14.7. The minimum Gasteiger partial charge on any atom is -0.612 e. The number of rotatable bonds is 4. The summed E-state index contributed by atoms with van der Waals surface area (Å²) < 4.78 is 28.4. The van der Waals surface area contributed by atoms with Crippen LogP contribution in [0.25, 0.3) is 22.6 Å². The third-order valence-corrected chi connectivity index (χ3v) is 6.15. The van der Waals surface area contributed by atoms with E-state index in [0.29, 0.717) is 48.5 Å². The SMILES string of the molecule is C[S+]([O-])c1ccc2oc(-c3nc(CC4CCN(C(=O)OC(C)(C)C)CC4)no3)cc2c1. The standard InChI is InChI=1S/C22H27N3O5S/c1-22(2,3)29-21(26)25-9-7-14(8-10-25)11-19-23-20(30-24-19)18-13-15-12-16(31(4)27)5-6-17(15)28-18/h5-6,12-14H,7-11H2,1-4H3. The molecule has 0 bridgehead atoms. The number of hydrogen-bond acceptors (Lipinski definition) is 7. The number of nitrogens with zero attached hydrogens (tertiary/aromatic N) is 3. The quantitative estimate of drug-likeness (QED) is 0.548. The summed E-state index contributed by atoms with van der Waals surface area (Å²) in [4.78, 5) is 19.2. The van der Waals surface area contributed by atoms with Crippen LogP contribution in [0.1, 0.15) is 39.4 Å². The van der Waals surface area contributed by atoms with Crippen LogP contribution in [-0.2, 0) is 22.3 Å². The number of carbonyl (C=O) groups is 1. The largest absolute Gasteiger partial charge is 0.612 e. The molecule has 9 heteroatoms. The first kappa shape index (κ1) is 21.7. The van der Waals surface area contributed by atoms with Gasteiger partial charge < -0.3 is 23.1 Å². The zero-order valence-corrected chi connectivity index (χ0v) is 19.0. The van der Waals surface area contributed by atoms with Gasteiger partial charge in [0, 0.05) is 31.0 Å². The highest BCUT2D eigenvalue weighted by Gasteiger charge is 2.28. The van der Waals surface area contributed by atoms with Crippen LogP contribution in [-0.4, -0.2) is 50.6 Å². The molecule has 1 atom stereocenters. The lowest BCUT2D eigenvalue weighted by Crippen LogP contribution is -2.42. The lowest BCUT2D eigenvalue weighted by molar-refractivity contribution is 0.0183. The van der Waals surface area contributed by atoms with Crippen molar-refractivity contribution in [2.75, 3.05) is 19.3 Å². The van der Waals surface area contributed by atoms with Crippen molar-refractivity contribution in [1.29, 1.82) is 0 Å². The van der Waals surface area contributed by atoms with Gasteiger partial charge in [0.1, 0.15) is 17.4 Å². The molecule has 8 nitrogen and oxygen atoms in total. The van der Waals surface area contributed by atoms with E-state index in [0.717, 1.165) is 23.1 Å². The molecule has 31 heavy (non-hydrogen) atoms. The van der Waals surface area contributed by atoms with E-state index in [2.05, 4.69) is 10.1 Å². The number of piperidine rings is 1. The van der Waals surface area contributed by atoms with Crippen molar-refractivity contribution in [3.8, 4) is 11.7 Å². The number of ether oxygens (including phenoxy) is 1. The maximum absolute atomic E-state index is 12.2. The smallest absolute Gasteiger partial charge is 0.410 e. The van der Waals surface area contributed by atoms with Crippen LogP contribution in [0.4, 0.5) is 4.79 Å². The summed E-state index contributed by atoms with van der Waals surface area (Å²) in [6.07, 6.45) is 3.80. The number of benzene rings is 1. The molecular weight excluding hydrogens is 418 g/mol. The number of carbonyl (C=O) groups excluding carboxylic acids is 1. The molecule has 0 N–H and O–H groups in total. The molecule has 1 aromatic carbocycles. The maximum Gasteiger partial charge on any atom is 0.410 e. The summed E-state index contributed by atoms with van der Waals surface area (Å²) in [6.45, 7) is 6.94. The number of likely N-dealkylation sites (tertiary alicyclic amines) is 1. The van der Waals surface area contributed by atoms with E-state index in [1.807, 2.05) is 32.9 Å². The van der Waals surface area contributed by atoms with E-state index in [1.54, 1.807) is 23.3 Å². The number of amides is 1. The van der Waals surface area contributed by atoms with Gasteiger partial charge in [0.15, 0.2) is 16.5 Å². The second kappa shape index (κ2) is 8.55. The van der Waals surface area contributed by atoms with Gasteiger partial charge in [-0.2, -0.15) is 4.98 Å². The van der Waals surface area contributed by atoms with Gasteiger partial charge in [0.2, 0.25) is 0 Å². The van der Waals surface area contributed by atoms with E-state index < -0.39 is 16.8 Å². The van der Waals surface area contributed by atoms with Crippen molar-refractivity contribution < 1.29 is 23.0 Å². The molecular formula is C22H27N3O5S. The first-order valence-corrected chi connectivity index (χ1v) is 11.9. The Bertz CT molecular complexity index is 1060. The molecule has 3 heterocycles. The van der Waals surface area contributed by atoms with Gasteiger partial charge in [-0.1, -0.05) is 5.16 Å². The van der Waals surface area contributed by atoms with E-state index in [4.69, 9.17) is 13.7 Å². The molecule has 3 aromatic rings. The molecule has 1 aliphatic heterocycles. The monoisotopic (exact) mass is 445 g/mol. The summed E-state index contributed by atoms with van der Waals surface area (Å²) in [5, 5.41) is 4.95. The molecule has 166 valence electrons. The summed E-state index contributed by atoms with van der Waals surface area (Å²) >= 11 is -1.06. The molecule has 1 fully saturated rings. The van der Waals surface area contributed by atoms with Crippen molar-refractivity contribution >= 4 is 28.2 Å². The Morgan fingerprint density at radius 1 is 1.29 bits per heavy atom. The summed E-state index contributed by atoms with van der Waals surface area (Å²) in [5.41, 5.74) is 0.194. The summed E-state index contributed by atoms with van der Waals surface area (Å²) in [6, 6.07) is 7.25. The second-order valence-electron chi connectivity index (χ2n) is 8.90. The van der Waals surface area contributed by atoms with E-state index in [9.17, 15) is 9.35 Å². The van der Waals surface area contributed by atoms with Gasteiger partial charge >= 0.3 is 6.09 Å². The molecule has 0 radical (unpaired) electrons. The van der Waals surface area contributed by atoms with Gasteiger partial charge in [-0.3, -0.25) is 0 Å². The second-order valence-corrected chi connectivity index (χ2v) is 10.3. The minimum atomic E-state index is -1.06. The Labute approximate surface area is 184 Å². The predicted octanol–water partition coefficient (Wildman–Crippen LogP) is 4.41. The maximum atomic E-state index is 12.2. The molecule has 1 aliphatic rings. The molecule has 2 aromatic heterocycles. The van der Waals surface area contributed by atoms with Gasteiger partial charge in [0.25, 0.3) is 5.89 Å². The Kier molecular flexibility index (Phi) is 5.98. The highest BCUT2D eigenvalue weighted by atomic mass is 32.2. The predicted molar refractivity (Wildman–Crippen MR) is 116 cm³/mol. The topological polar surface area (TPSA) is 105 Å². The molecule has 1 unspecified atom stereocenters. The van der Waals surface area contributed by atoms with Crippen LogP contribution in [0, 0.1) is 5.92 Å². The fourth-order valence-electron chi connectivity index (χ4n) is 3.65. The third-order valence-electron chi connectivity index (χ3n) is 5.24. The normalized spacial score (nSPS) is 16.6. The Morgan fingerprint density at radius 3 is 2.71 bits per heavy atom. The highest BCUT2D eigenvalue weighted by Crippen LogP contribution is 2.29. The van der Waals surface area contributed by atoms with Crippen LogP contribution in [0.5, 0.6) is 0 Å². The minimum absolute atomic E-state index is 0.257. The lowest BCUT2D eigenvalue weighted by Gasteiger charge is -2.33. The summed E-state index contributed by atoms with van der Waals surface area (Å²) in [7, 11) is 0. The Hall–Kier alpha value is -2.52. The van der Waals surface area contributed by atoms with Gasteiger partial charge in [0.05, 0.1) is 0 Å². The van der Waals surface area contributed by atoms with Crippen molar-refractivity contribution in [1.82, 2.24) is 15.0 Å². The fourth-order valence-corrected chi connectivity index (χ4v) is 4.20. The average molecular weight is 446 g/mol. The lowest BCUT2D eigenvalue weighted by atomic mass is 9.93. The number of fused-ring (bicyclic) bond motifs is 1. The molecule has 0 saturated carbocycles. The van der Waals surface area contributed by atoms with Gasteiger partial charge in [-0.25, -0.2) is 4.79 Å². The average Bonchev–Trinajstić information content (AvgIpc) is 3.33. The van der Waals surface area contributed by atoms with Crippen molar-refractivity contribution in [3.63, 3.8) is 0 Å². The fraction of sp³-hybridized carbons (Fsp3) is 0.500. The van der Waals surface area contributed by atoms with E-state index >= 15 is 0 Å².